The molecule has 0 fully saturated rings. The topological polar surface area (TPSA) is 26.3 Å². The quantitative estimate of drug-likeness (QED) is 0.438. The predicted octanol–water partition coefficient (Wildman–Crippen LogP) is 4.71. The van der Waals surface area contributed by atoms with E-state index < -0.39 is 0 Å². The van der Waals surface area contributed by atoms with Crippen LogP contribution >= 0.6 is 0 Å². The summed E-state index contributed by atoms with van der Waals surface area (Å²) >= 11 is 0. The lowest BCUT2D eigenvalue weighted by atomic mass is 10.1. The molecule has 0 saturated carbocycles. The molecule has 3 heteroatoms. The minimum Gasteiger partial charge on any atom is -0.462 e. The van der Waals surface area contributed by atoms with E-state index in [1.165, 1.54) is 0 Å². The number of fused-ring (bicyclic) bond motifs is 3. The van der Waals surface area contributed by atoms with E-state index in [-0.39, 0.29) is 17.7 Å². The third kappa shape index (κ3) is 2.63. The second-order valence-electron chi connectivity index (χ2n) is 5.76. The molecule has 0 spiro atoms. The first-order valence-corrected chi connectivity index (χ1v) is 7.69. The summed E-state index contributed by atoms with van der Waals surface area (Å²) in [5, 5.41) is 1.97. The maximum absolute atomic E-state index is 14.1. The molecule has 114 valence electrons. The zero-order valence-electron chi connectivity index (χ0n) is 12.7. The molecule has 1 unspecified atom stereocenters. The summed E-state index contributed by atoms with van der Waals surface area (Å²) in [6, 6.07) is 9.31. The highest BCUT2D eigenvalue weighted by Gasteiger charge is 2.39. The number of carbonyl (C=O) groups is 1. The molecule has 0 amide bonds. The number of esters is 1. The van der Waals surface area contributed by atoms with Gasteiger partial charge in [0.05, 0.1) is 6.61 Å². The summed E-state index contributed by atoms with van der Waals surface area (Å²) in [5.41, 5.74) is 2.15. The van der Waals surface area contributed by atoms with Gasteiger partial charge in [0, 0.05) is 17.1 Å². The van der Waals surface area contributed by atoms with Gasteiger partial charge in [-0.15, -0.1) is 0 Å². The van der Waals surface area contributed by atoms with E-state index in [0.717, 1.165) is 34.7 Å². The molecule has 2 nitrogen and oxygen atoms in total. The highest BCUT2D eigenvalue weighted by atomic mass is 19.1. The lowest BCUT2D eigenvalue weighted by Gasteiger charge is -2.05. The van der Waals surface area contributed by atoms with Crippen LogP contribution in [0.15, 0.2) is 42.5 Å². The molecule has 3 rings (SSSR count). The van der Waals surface area contributed by atoms with Gasteiger partial charge >= 0.3 is 5.97 Å². The number of carbonyl (C=O) groups excluding carboxylic acids is 1. The van der Waals surface area contributed by atoms with Crippen LogP contribution in [0.4, 0.5) is 4.39 Å². The molecule has 0 radical (unpaired) electrons. The number of rotatable bonds is 6. The first-order chi connectivity index (χ1) is 10.6. The Morgan fingerprint density at radius 2 is 2.09 bits per heavy atom. The van der Waals surface area contributed by atoms with Crippen molar-refractivity contribution in [1.82, 2.24) is 0 Å². The minimum atomic E-state index is -0.365. The second kappa shape index (κ2) is 5.91. The van der Waals surface area contributed by atoms with Crippen LogP contribution in [0.25, 0.3) is 10.8 Å². The van der Waals surface area contributed by atoms with Crippen molar-refractivity contribution in [3.63, 3.8) is 0 Å². The molecule has 0 aromatic heterocycles. The Labute approximate surface area is 129 Å². The Morgan fingerprint density at radius 3 is 2.86 bits per heavy atom. The van der Waals surface area contributed by atoms with Crippen molar-refractivity contribution in [1.29, 1.82) is 0 Å². The molecule has 0 heterocycles. The standard InChI is InChI=1S/C19H19FO2/c1-3-4-9-22-19(21)12(2)10-15-17-14-8-6-5-7-13(14)11-16(20)18(15)17/h5-8,11,15H,2-4,9-10H2,1H3. The van der Waals surface area contributed by atoms with Gasteiger partial charge in [0.25, 0.3) is 0 Å². The summed E-state index contributed by atoms with van der Waals surface area (Å²) < 4.78 is 19.3. The number of hydrogen-bond donors (Lipinski definition) is 0. The molecule has 1 aliphatic rings. The molecule has 2 aromatic carbocycles. The molecule has 0 aliphatic heterocycles. The summed E-state index contributed by atoms with van der Waals surface area (Å²) in [7, 11) is 0. The monoisotopic (exact) mass is 298 g/mol. The second-order valence-corrected chi connectivity index (χ2v) is 5.76. The van der Waals surface area contributed by atoms with E-state index in [2.05, 4.69) is 6.58 Å². The fourth-order valence-corrected chi connectivity index (χ4v) is 2.92. The van der Waals surface area contributed by atoms with E-state index in [1.807, 2.05) is 31.2 Å². The van der Waals surface area contributed by atoms with Crippen LogP contribution in [0.2, 0.25) is 0 Å². The van der Waals surface area contributed by atoms with Crippen LogP contribution in [0, 0.1) is 5.82 Å². The van der Waals surface area contributed by atoms with Gasteiger partial charge in [0.15, 0.2) is 0 Å². The van der Waals surface area contributed by atoms with E-state index in [4.69, 9.17) is 4.74 Å². The van der Waals surface area contributed by atoms with Gasteiger partial charge in [-0.3, -0.25) is 0 Å². The largest absolute Gasteiger partial charge is 0.462 e. The van der Waals surface area contributed by atoms with Crippen LogP contribution in [0.3, 0.4) is 0 Å². The van der Waals surface area contributed by atoms with E-state index in [9.17, 15) is 9.18 Å². The lowest BCUT2D eigenvalue weighted by Crippen LogP contribution is -2.08. The summed E-state index contributed by atoms with van der Waals surface area (Å²) in [6.07, 6.45) is 2.26. The van der Waals surface area contributed by atoms with Crippen LogP contribution < -0.4 is 0 Å². The van der Waals surface area contributed by atoms with Gasteiger partial charge in [0.1, 0.15) is 5.82 Å². The molecule has 0 bridgehead atoms. The summed E-state index contributed by atoms with van der Waals surface area (Å²) in [5.74, 6) is -0.590. The van der Waals surface area contributed by atoms with E-state index in [0.29, 0.717) is 18.6 Å². The average molecular weight is 298 g/mol. The first kappa shape index (κ1) is 14.8. The Kier molecular flexibility index (Phi) is 3.97. The van der Waals surface area contributed by atoms with E-state index >= 15 is 0 Å². The van der Waals surface area contributed by atoms with Crippen molar-refractivity contribution in [3.8, 4) is 0 Å². The van der Waals surface area contributed by atoms with Gasteiger partial charge in [-0.25, -0.2) is 9.18 Å². The van der Waals surface area contributed by atoms with Crippen molar-refractivity contribution in [2.45, 2.75) is 32.1 Å². The highest BCUT2D eigenvalue weighted by molar-refractivity contribution is 5.94. The fourth-order valence-electron chi connectivity index (χ4n) is 2.92. The maximum atomic E-state index is 14.1. The first-order valence-electron chi connectivity index (χ1n) is 7.69. The Balaban J connectivity index is 1.72. The molecule has 2 aromatic rings. The van der Waals surface area contributed by atoms with Crippen LogP contribution in [0.5, 0.6) is 0 Å². The molecular weight excluding hydrogens is 279 g/mol. The molecule has 1 atom stereocenters. The highest BCUT2D eigenvalue weighted by Crippen LogP contribution is 2.52. The average Bonchev–Trinajstić information content (AvgIpc) is 3.22. The Hall–Kier alpha value is -2.16. The van der Waals surface area contributed by atoms with Gasteiger partial charge in [-0.05, 0) is 35.2 Å². The van der Waals surface area contributed by atoms with Crippen molar-refractivity contribution < 1.29 is 13.9 Å². The van der Waals surface area contributed by atoms with Gasteiger partial charge in [-0.1, -0.05) is 44.2 Å². The predicted molar refractivity (Wildman–Crippen MR) is 85.4 cm³/mol. The third-order valence-electron chi connectivity index (χ3n) is 4.16. The van der Waals surface area contributed by atoms with Crippen molar-refractivity contribution >= 4 is 16.7 Å². The zero-order chi connectivity index (χ0) is 15.7. The zero-order valence-corrected chi connectivity index (χ0v) is 12.7. The Bertz CT molecular complexity index is 748. The van der Waals surface area contributed by atoms with E-state index in [1.54, 1.807) is 6.07 Å². The van der Waals surface area contributed by atoms with Gasteiger partial charge < -0.3 is 4.74 Å². The lowest BCUT2D eigenvalue weighted by molar-refractivity contribution is -0.139. The third-order valence-corrected chi connectivity index (χ3v) is 4.16. The number of benzene rings is 2. The molecule has 1 aliphatic carbocycles. The Morgan fingerprint density at radius 1 is 1.32 bits per heavy atom. The van der Waals surface area contributed by atoms with Crippen LogP contribution in [-0.4, -0.2) is 12.6 Å². The minimum absolute atomic E-state index is 0.0360. The number of halogens is 1. The van der Waals surface area contributed by atoms with Crippen LogP contribution in [-0.2, 0) is 9.53 Å². The summed E-state index contributed by atoms with van der Waals surface area (Å²) in [6.45, 7) is 6.27. The number of ether oxygens (including phenoxy) is 1. The van der Waals surface area contributed by atoms with Crippen molar-refractivity contribution in [3.05, 3.63) is 59.4 Å². The molecular formula is C19H19FO2. The number of unbranched alkanes of at least 4 members (excludes halogenated alkanes) is 1. The molecule has 0 N–H and O–H groups in total. The molecule has 22 heavy (non-hydrogen) atoms. The normalized spacial score (nSPS) is 15.5. The number of hydrogen-bond acceptors (Lipinski definition) is 2. The fraction of sp³-hybridized carbons (Fsp3) is 0.316. The van der Waals surface area contributed by atoms with Gasteiger partial charge in [-0.2, -0.15) is 0 Å². The van der Waals surface area contributed by atoms with Gasteiger partial charge in [0.2, 0.25) is 0 Å². The molecule has 0 saturated heterocycles. The van der Waals surface area contributed by atoms with Crippen LogP contribution in [0.1, 0.15) is 43.2 Å². The summed E-state index contributed by atoms with van der Waals surface area (Å²) in [4.78, 5) is 11.9. The maximum Gasteiger partial charge on any atom is 0.333 e. The SMILES string of the molecule is C=C(CC1c2c(F)cc3ccccc3c21)C(=O)OCCCC. The smallest absolute Gasteiger partial charge is 0.333 e. The van der Waals surface area contributed by atoms with Crippen molar-refractivity contribution in [2.24, 2.45) is 0 Å². The van der Waals surface area contributed by atoms with Crippen molar-refractivity contribution in [2.75, 3.05) is 6.61 Å².